The van der Waals surface area contributed by atoms with E-state index in [1.165, 1.54) is 6.92 Å². The highest BCUT2D eigenvalue weighted by Crippen LogP contribution is 2.15. The Labute approximate surface area is 286 Å². The summed E-state index contributed by atoms with van der Waals surface area (Å²) in [6, 6.07) is -4.61. The summed E-state index contributed by atoms with van der Waals surface area (Å²) in [4.78, 5) is 75.9. The van der Waals surface area contributed by atoms with Gasteiger partial charge in [0.1, 0.15) is 18.1 Å². The van der Waals surface area contributed by atoms with E-state index in [-0.39, 0.29) is 41.9 Å². The van der Waals surface area contributed by atoms with Crippen molar-refractivity contribution in [2.24, 2.45) is 29.6 Å². The normalized spacial score (nSPS) is 16.1. The fraction of sp³-hybridized carbons (Fsp3) is 0.824. The van der Waals surface area contributed by atoms with Crippen molar-refractivity contribution < 1.29 is 44.1 Å². The molecule has 7 atom stereocenters. The molecule has 0 aromatic carbocycles. The van der Waals surface area contributed by atoms with E-state index in [0.29, 0.717) is 12.8 Å². The Hall–Kier alpha value is -3.26. The average Bonchev–Trinajstić information content (AvgIpc) is 2.91. The van der Waals surface area contributed by atoms with Gasteiger partial charge in [-0.3, -0.25) is 28.8 Å². The van der Waals surface area contributed by atoms with Crippen LogP contribution >= 0.6 is 0 Å². The lowest BCUT2D eigenvalue weighted by atomic mass is 9.95. The first-order chi connectivity index (χ1) is 22.0. The van der Waals surface area contributed by atoms with Crippen LogP contribution < -0.4 is 26.6 Å². The van der Waals surface area contributed by atoms with Crippen molar-refractivity contribution in [1.29, 1.82) is 0 Å². The van der Waals surface area contributed by atoms with Crippen LogP contribution in [-0.2, 0) is 28.8 Å². The number of carbonyl (C=O) groups is 6. The highest BCUT2D eigenvalue weighted by atomic mass is 16.4. The fourth-order valence-corrected chi connectivity index (χ4v) is 5.16. The Balaban J connectivity index is 5.60. The molecule has 0 aromatic heterocycles. The van der Waals surface area contributed by atoms with E-state index in [9.17, 15) is 39.0 Å². The van der Waals surface area contributed by atoms with Crippen molar-refractivity contribution in [3.8, 4) is 0 Å². The molecule has 0 heterocycles. The first kappa shape index (κ1) is 44.7. The van der Waals surface area contributed by atoms with E-state index in [2.05, 4.69) is 26.6 Å². The van der Waals surface area contributed by atoms with Crippen LogP contribution in [0.5, 0.6) is 0 Å². The SMILES string of the molecule is CC(C)CC(=O)N[C@@H](C(=O)N[C@@H](C(=O)N[C@H](CC(C)C)[C@@H](O)CC(=O)N[C@H](C)C(=O)N[C@H](CC(C)C)[C@@H](O)CC(=O)O)C(C)C)C(C)C. The lowest BCUT2D eigenvalue weighted by Crippen LogP contribution is -2.59. The minimum absolute atomic E-state index is 0.0152. The third-order valence-corrected chi connectivity index (χ3v) is 7.69. The van der Waals surface area contributed by atoms with Crippen LogP contribution in [0, 0.1) is 29.6 Å². The van der Waals surface area contributed by atoms with Crippen molar-refractivity contribution >= 4 is 35.5 Å². The zero-order valence-electron chi connectivity index (χ0n) is 30.8. The van der Waals surface area contributed by atoms with Crippen LogP contribution in [0.25, 0.3) is 0 Å². The highest BCUT2D eigenvalue weighted by molar-refractivity contribution is 5.92. The molecule has 0 unspecified atom stereocenters. The predicted octanol–water partition coefficient (Wildman–Crippen LogP) is 1.47. The van der Waals surface area contributed by atoms with Gasteiger partial charge in [0.2, 0.25) is 29.5 Å². The van der Waals surface area contributed by atoms with Gasteiger partial charge in [-0.2, -0.15) is 0 Å². The minimum Gasteiger partial charge on any atom is -0.481 e. The van der Waals surface area contributed by atoms with Crippen LogP contribution in [0.15, 0.2) is 0 Å². The largest absolute Gasteiger partial charge is 0.481 e. The molecule has 0 spiro atoms. The van der Waals surface area contributed by atoms with Crippen LogP contribution in [0.3, 0.4) is 0 Å². The monoisotopic (exact) mass is 685 g/mol. The summed E-state index contributed by atoms with van der Waals surface area (Å²) >= 11 is 0. The second kappa shape index (κ2) is 21.7. The van der Waals surface area contributed by atoms with Gasteiger partial charge in [-0.05, 0) is 49.4 Å². The Morgan fingerprint density at radius 3 is 1.29 bits per heavy atom. The van der Waals surface area contributed by atoms with Crippen molar-refractivity contribution in [2.75, 3.05) is 0 Å². The third kappa shape index (κ3) is 17.8. The average molecular weight is 686 g/mol. The van der Waals surface area contributed by atoms with E-state index in [1.54, 1.807) is 27.7 Å². The maximum Gasteiger partial charge on any atom is 0.306 e. The summed E-state index contributed by atoms with van der Waals surface area (Å²) in [5.41, 5.74) is 0. The van der Waals surface area contributed by atoms with Gasteiger partial charge in [0.25, 0.3) is 0 Å². The smallest absolute Gasteiger partial charge is 0.306 e. The van der Waals surface area contributed by atoms with Crippen LogP contribution in [-0.4, -0.2) is 93.2 Å². The molecule has 14 heteroatoms. The third-order valence-electron chi connectivity index (χ3n) is 7.69. The zero-order chi connectivity index (χ0) is 37.5. The topological polar surface area (TPSA) is 223 Å². The molecular weight excluding hydrogens is 622 g/mol. The van der Waals surface area contributed by atoms with E-state index < -0.39 is 84.9 Å². The molecule has 0 aliphatic rings. The van der Waals surface area contributed by atoms with Gasteiger partial charge in [0.15, 0.2) is 0 Å². The molecule has 5 amide bonds. The number of hydrogen-bond acceptors (Lipinski definition) is 8. The van der Waals surface area contributed by atoms with Gasteiger partial charge < -0.3 is 41.9 Å². The Bertz CT molecular complexity index is 1060. The minimum atomic E-state index is -1.33. The summed E-state index contributed by atoms with van der Waals surface area (Å²) in [6.45, 7) is 19.8. The molecule has 0 saturated carbocycles. The number of aliphatic hydroxyl groups excluding tert-OH is 2. The molecule has 0 aliphatic heterocycles. The van der Waals surface area contributed by atoms with Crippen molar-refractivity contribution in [3.05, 3.63) is 0 Å². The Morgan fingerprint density at radius 1 is 0.479 bits per heavy atom. The van der Waals surface area contributed by atoms with E-state index >= 15 is 0 Å². The number of amides is 5. The molecule has 0 radical (unpaired) electrons. The van der Waals surface area contributed by atoms with Crippen LogP contribution in [0.2, 0.25) is 0 Å². The number of nitrogens with one attached hydrogen (secondary N) is 5. The summed E-state index contributed by atoms with van der Waals surface area (Å²) in [6.07, 6.45) is -2.76. The first-order valence-corrected chi connectivity index (χ1v) is 17.1. The lowest BCUT2D eigenvalue weighted by Gasteiger charge is -2.31. The van der Waals surface area contributed by atoms with Crippen molar-refractivity contribution in [2.45, 2.75) is 151 Å². The Kier molecular flexibility index (Phi) is 20.2. The van der Waals surface area contributed by atoms with Crippen LogP contribution in [0.4, 0.5) is 0 Å². The summed E-state index contributed by atoms with van der Waals surface area (Å²) in [5.74, 6) is -4.25. The quantitative estimate of drug-likeness (QED) is 0.0825. The second-order valence-corrected chi connectivity index (χ2v) is 14.8. The zero-order valence-corrected chi connectivity index (χ0v) is 30.8. The maximum absolute atomic E-state index is 13.5. The molecule has 14 nitrogen and oxygen atoms in total. The number of carbonyl (C=O) groups excluding carboxylic acids is 5. The van der Waals surface area contributed by atoms with Gasteiger partial charge >= 0.3 is 5.97 Å². The number of carboxylic acids is 1. The standard InChI is InChI=1S/C34H63N5O9/c1-17(2)12-23(37-33(47)31(21(9)10)39-34(48)30(20(7)8)38-27(42)14-19(5)6)25(40)15-28(43)35-22(11)32(46)36-24(13-18(3)4)26(41)16-29(44)45/h17-26,30-31,40-41H,12-16H2,1-11H3,(H,35,43)(H,36,46)(H,37,47)(H,38,42)(H,39,48)(H,44,45)/t22-,23-,24-,25+,26+,30-,31-/m1/s1. The molecule has 0 rings (SSSR count). The number of aliphatic carboxylic acids is 1. The molecular formula is C34H63N5O9. The van der Waals surface area contributed by atoms with Gasteiger partial charge in [-0.25, -0.2) is 0 Å². The Morgan fingerprint density at radius 2 is 0.875 bits per heavy atom. The number of rotatable bonds is 22. The number of aliphatic hydroxyl groups is 2. The van der Waals surface area contributed by atoms with Gasteiger partial charge in [0.05, 0.1) is 37.1 Å². The molecule has 278 valence electrons. The number of hydrogen-bond donors (Lipinski definition) is 8. The summed E-state index contributed by atoms with van der Waals surface area (Å²) in [7, 11) is 0. The van der Waals surface area contributed by atoms with E-state index in [1.807, 2.05) is 41.5 Å². The fourth-order valence-electron chi connectivity index (χ4n) is 5.16. The number of carboxylic acid groups (broad SMARTS) is 1. The van der Waals surface area contributed by atoms with Crippen molar-refractivity contribution in [3.63, 3.8) is 0 Å². The van der Waals surface area contributed by atoms with Crippen molar-refractivity contribution in [1.82, 2.24) is 26.6 Å². The van der Waals surface area contributed by atoms with Gasteiger partial charge in [-0.1, -0.05) is 69.2 Å². The summed E-state index contributed by atoms with van der Waals surface area (Å²) in [5, 5.41) is 43.9. The van der Waals surface area contributed by atoms with Gasteiger partial charge in [-0.15, -0.1) is 0 Å². The van der Waals surface area contributed by atoms with E-state index in [4.69, 9.17) is 5.11 Å². The van der Waals surface area contributed by atoms with E-state index in [0.717, 1.165) is 0 Å². The van der Waals surface area contributed by atoms with Crippen LogP contribution in [0.1, 0.15) is 108 Å². The first-order valence-electron chi connectivity index (χ1n) is 17.1. The highest BCUT2D eigenvalue weighted by Gasteiger charge is 2.34. The predicted molar refractivity (Wildman–Crippen MR) is 182 cm³/mol. The molecule has 0 saturated heterocycles. The molecule has 0 aromatic rings. The molecule has 0 fully saturated rings. The summed E-state index contributed by atoms with van der Waals surface area (Å²) < 4.78 is 0. The molecule has 48 heavy (non-hydrogen) atoms. The van der Waals surface area contributed by atoms with Gasteiger partial charge in [0, 0.05) is 6.42 Å². The second-order valence-electron chi connectivity index (χ2n) is 14.8. The molecule has 8 N–H and O–H groups in total. The molecule has 0 aliphatic carbocycles. The lowest BCUT2D eigenvalue weighted by molar-refractivity contribution is -0.140. The molecule has 0 bridgehead atoms. The maximum atomic E-state index is 13.5.